The molecule has 1 saturated carbocycles. The first-order valence-electron chi connectivity index (χ1n) is 11.2. The molecule has 2 heterocycles. The Morgan fingerprint density at radius 3 is 2.72 bits per heavy atom. The number of hydrogen-bond acceptors (Lipinski definition) is 6. The number of carbonyl (C=O) groups is 1. The van der Waals surface area contributed by atoms with E-state index in [4.69, 9.17) is 18.9 Å². The number of aliphatic hydroxyl groups is 1. The summed E-state index contributed by atoms with van der Waals surface area (Å²) in [6.45, 7) is 0.669. The highest BCUT2D eigenvalue weighted by atomic mass is 16.7. The molecule has 7 nitrogen and oxygen atoms in total. The number of fused-ring (bicyclic) bond motifs is 2. The molecule has 2 aliphatic heterocycles. The summed E-state index contributed by atoms with van der Waals surface area (Å²) < 4.78 is 21.9. The summed E-state index contributed by atoms with van der Waals surface area (Å²) in [4.78, 5) is 15.7. The van der Waals surface area contributed by atoms with Gasteiger partial charge in [-0.2, -0.15) is 0 Å². The van der Waals surface area contributed by atoms with Crippen LogP contribution in [-0.4, -0.2) is 49.1 Å². The predicted molar refractivity (Wildman–Crippen MR) is 117 cm³/mol. The number of nitrogens with zero attached hydrogens (tertiary/aromatic N) is 1. The monoisotopic (exact) mass is 439 g/mol. The quantitative estimate of drug-likeness (QED) is 0.778. The van der Waals surface area contributed by atoms with Gasteiger partial charge in [0.05, 0.1) is 31.4 Å². The van der Waals surface area contributed by atoms with Crippen LogP contribution in [0.4, 0.5) is 0 Å². The molecular weight excluding hydrogens is 410 g/mol. The van der Waals surface area contributed by atoms with Crippen molar-refractivity contribution in [2.45, 2.75) is 43.7 Å². The summed E-state index contributed by atoms with van der Waals surface area (Å²) in [6.07, 6.45) is 4.28. The van der Waals surface area contributed by atoms with Crippen LogP contribution in [0.15, 0.2) is 36.4 Å². The van der Waals surface area contributed by atoms with E-state index in [9.17, 15) is 9.90 Å². The molecule has 0 bridgehead atoms. The highest BCUT2D eigenvalue weighted by Crippen LogP contribution is 2.51. The Bertz CT molecular complexity index is 1020. The lowest BCUT2D eigenvalue weighted by molar-refractivity contribution is -0.115. The molecule has 5 rings (SSSR count). The first-order chi connectivity index (χ1) is 15.5. The average Bonchev–Trinajstić information content (AvgIpc) is 3.30. The van der Waals surface area contributed by atoms with Gasteiger partial charge >= 0.3 is 0 Å². The Balaban J connectivity index is 1.56. The first kappa shape index (κ1) is 20.9. The van der Waals surface area contributed by atoms with Crippen molar-refractivity contribution in [2.24, 2.45) is 5.92 Å². The van der Waals surface area contributed by atoms with Crippen LogP contribution in [0.5, 0.6) is 23.0 Å². The van der Waals surface area contributed by atoms with Crippen molar-refractivity contribution in [3.8, 4) is 23.0 Å². The van der Waals surface area contributed by atoms with Crippen molar-refractivity contribution in [3.63, 3.8) is 0 Å². The normalized spacial score (nSPS) is 26.4. The van der Waals surface area contributed by atoms with Crippen molar-refractivity contribution in [1.82, 2.24) is 4.90 Å². The zero-order valence-corrected chi connectivity index (χ0v) is 18.5. The molecule has 1 aliphatic carbocycles. The van der Waals surface area contributed by atoms with E-state index in [1.165, 1.54) is 0 Å². The molecule has 2 aromatic rings. The second-order valence-electron chi connectivity index (χ2n) is 8.83. The Morgan fingerprint density at radius 2 is 1.91 bits per heavy atom. The fourth-order valence-electron chi connectivity index (χ4n) is 5.55. The lowest BCUT2D eigenvalue weighted by Gasteiger charge is -2.52. The molecule has 3 atom stereocenters. The molecule has 3 aliphatic rings. The third-order valence-corrected chi connectivity index (χ3v) is 7.21. The molecule has 1 amide bonds. The summed E-state index contributed by atoms with van der Waals surface area (Å²) in [7, 11) is 3.14. The van der Waals surface area contributed by atoms with E-state index < -0.39 is 5.60 Å². The van der Waals surface area contributed by atoms with Crippen molar-refractivity contribution in [1.29, 1.82) is 0 Å². The van der Waals surface area contributed by atoms with Gasteiger partial charge in [0, 0.05) is 18.5 Å². The van der Waals surface area contributed by atoms with E-state index in [0.29, 0.717) is 41.5 Å². The van der Waals surface area contributed by atoms with Gasteiger partial charge < -0.3 is 29.0 Å². The van der Waals surface area contributed by atoms with Gasteiger partial charge in [0.15, 0.2) is 11.5 Å². The molecular formula is C25H29NO6. The van der Waals surface area contributed by atoms with Gasteiger partial charge in [-0.15, -0.1) is 0 Å². The molecule has 1 N–H and O–H groups in total. The highest BCUT2D eigenvalue weighted by Gasteiger charge is 2.50. The van der Waals surface area contributed by atoms with Gasteiger partial charge in [-0.1, -0.05) is 18.9 Å². The van der Waals surface area contributed by atoms with Crippen LogP contribution in [0.1, 0.15) is 54.1 Å². The molecule has 0 radical (unpaired) electrons. The van der Waals surface area contributed by atoms with Crippen LogP contribution in [0, 0.1) is 5.92 Å². The van der Waals surface area contributed by atoms with Crippen LogP contribution in [0.2, 0.25) is 0 Å². The minimum atomic E-state index is -0.764. The van der Waals surface area contributed by atoms with E-state index in [1.807, 2.05) is 23.1 Å². The summed E-state index contributed by atoms with van der Waals surface area (Å²) >= 11 is 0. The maximum atomic E-state index is 13.8. The Kier molecular flexibility index (Phi) is 5.37. The molecule has 0 aromatic heterocycles. The zero-order chi connectivity index (χ0) is 22.3. The van der Waals surface area contributed by atoms with E-state index >= 15 is 0 Å². The van der Waals surface area contributed by atoms with E-state index in [1.54, 1.807) is 32.4 Å². The third kappa shape index (κ3) is 3.45. The minimum Gasteiger partial charge on any atom is -0.497 e. The van der Waals surface area contributed by atoms with Crippen LogP contribution < -0.4 is 18.9 Å². The van der Waals surface area contributed by atoms with Crippen molar-refractivity contribution in [3.05, 3.63) is 47.5 Å². The number of amides is 1. The minimum absolute atomic E-state index is 0.0430. The number of ether oxygens (including phenoxy) is 4. The van der Waals surface area contributed by atoms with Gasteiger partial charge in [-0.3, -0.25) is 4.79 Å². The Hall–Kier alpha value is -2.93. The van der Waals surface area contributed by atoms with Gasteiger partial charge in [-0.05, 0) is 49.1 Å². The topological polar surface area (TPSA) is 77.5 Å². The molecule has 170 valence electrons. The number of carbonyl (C=O) groups excluding carboxylic acids is 1. The van der Waals surface area contributed by atoms with Crippen LogP contribution in [0.25, 0.3) is 0 Å². The van der Waals surface area contributed by atoms with Gasteiger partial charge in [0.1, 0.15) is 11.5 Å². The fourth-order valence-corrected chi connectivity index (χ4v) is 5.55. The molecule has 7 heteroatoms. The standard InChI is InChI=1S/C25H29NO6/c1-29-17-7-8-18(21(14-17)30-2)24(27)26-12-11-25(28)10-4-3-5-19(25)23(26)16-6-9-20-22(13-16)32-15-31-20/h6-9,13-14,19,23,28H,3-5,10-12,15H2,1-2H3. The average molecular weight is 440 g/mol. The third-order valence-electron chi connectivity index (χ3n) is 7.21. The highest BCUT2D eigenvalue weighted by molar-refractivity contribution is 5.97. The summed E-state index contributed by atoms with van der Waals surface area (Å²) in [6, 6.07) is 10.8. The number of likely N-dealkylation sites (tertiary alicyclic amines) is 1. The van der Waals surface area contributed by atoms with Crippen LogP contribution in [-0.2, 0) is 0 Å². The number of rotatable bonds is 4. The maximum Gasteiger partial charge on any atom is 0.258 e. The lowest BCUT2D eigenvalue weighted by atomic mass is 9.66. The molecule has 32 heavy (non-hydrogen) atoms. The fraction of sp³-hybridized carbons (Fsp3) is 0.480. The smallest absolute Gasteiger partial charge is 0.258 e. The Labute approximate surface area is 187 Å². The van der Waals surface area contributed by atoms with Crippen molar-refractivity contribution >= 4 is 5.91 Å². The second-order valence-corrected chi connectivity index (χ2v) is 8.83. The number of benzene rings is 2. The summed E-state index contributed by atoms with van der Waals surface area (Å²) in [5.41, 5.74) is 0.681. The SMILES string of the molecule is COc1ccc(C(=O)N2CCC3(O)CCCCC3C2c2ccc3c(c2)OCO3)c(OC)c1. The van der Waals surface area contributed by atoms with Crippen molar-refractivity contribution < 1.29 is 28.8 Å². The summed E-state index contributed by atoms with van der Waals surface area (Å²) in [5, 5.41) is 11.5. The molecule has 0 spiro atoms. The molecule has 3 unspecified atom stereocenters. The van der Waals surface area contributed by atoms with Gasteiger partial charge in [0.2, 0.25) is 6.79 Å². The molecule has 1 saturated heterocycles. The molecule has 2 aromatic carbocycles. The van der Waals surface area contributed by atoms with E-state index in [2.05, 4.69) is 0 Å². The largest absolute Gasteiger partial charge is 0.497 e. The maximum absolute atomic E-state index is 13.8. The number of hydrogen-bond donors (Lipinski definition) is 1. The number of piperidine rings is 1. The Morgan fingerprint density at radius 1 is 1.06 bits per heavy atom. The predicted octanol–water partition coefficient (Wildman–Crippen LogP) is 3.94. The summed E-state index contributed by atoms with van der Waals surface area (Å²) in [5.74, 6) is 2.34. The van der Waals surface area contributed by atoms with E-state index in [0.717, 1.165) is 31.2 Å². The van der Waals surface area contributed by atoms with Gasteiger partial charge in [-0.25, -0.2) is 0 Å². The van der Waals surface area contributed by atoms with Crippen LogP contribution in [0.3, 0.4) is 0 Å². The second kappa shape index (κ2) is 8.20. The van der Waals surface area contributed by atoms with E-state index in [-0.39, 0.29) is 24.7 Å². The first-order valence-corrected chi connectivity index (χ1v) is 11.2. The van der Waals surface area contributed by atoms with Crippen molar-refractivity contribution in [2.75, 3.05) is 27.6 Å². The molecule has 2 fully saturated rings. The lowest BCUT2D eigenvalue weighted by Crippen LogP contribution is -2.56. The van der Waals surface area contributed by atoms with Gasteiger partial charge in [0.25, 0.3) is 5.91 Å². The van der Waals surface area contributed by atoms with Crippen LogP contribution >= 0.6 is 0 Å². The zero-order valence-electron chi connectivity index (χ0n) is 18.5. The number of methoxy groups -OCH3 is 2.